The van der Waals surface area contributed by atoms with E-state index < -0.39 is 0 Å². The molecule has 0 saturated carbocycles. The minimum Gasteiger partial charge on any atom is -0.507 e. The molecule has 0 radical (unpaired) electrons. The lowest BCUT2D eigenvalue weighted by Gasteiger charge is -2.00. The highest BCUT2D eigenvalue weighted by atomic mass is 32.2. The van der Waals surface area contributed by atoms with E-state index in [1.54, 1.807) is 23.9 Å². The molecule has 0 aliphatic carbocycles. The summed E-state index contributed by atoms with van der Waals surface area (Å²) in [4.78, 5) is 0.896. The number of hydrogen-bond acceptors (Lipinski definition) is 2. The van der Waals surface area contributed by atoms with Crippen LogP contribution in [0, 0.1) is 12.3 Å². The van der Waals surface area contributed by atoms with Crippen molar-refractivity contribution in [1.29, 1.82) is 0 Å². The topological polar surface area (TPSA) is 20.2 Å². The lowest BCUT2D eigenvalue weighted by Crippen LogP contribution is -1.77. The highest BCUT2D eigenvalue weighted by Gasteiger charge is 1.97. The number of terminal acetylenes is 1. The summed E-state index contributed by atoms with van der Waals surface area (Å²) in [7, 11) is 0. The summed E-state index contributed by atoms with van der Waals surface area (Å²) in [6.07, 6.45) is 5.84. The summed E-state index contributed by atoms with van der Waals surface area (Å²) in [5, 5.41) is 9.34. The van der Waals surface area contributed by atoms with E-state index in [0.29, 0.717) is 5.75 Å². The molecular formula is C10H10OS. The molecule has 1 N–H and O–H groups in total. The van der Waals surface area contributed by atoms with Crippen LogP contribution in [0.4, 0.5) is 0 Å². The van der Waals surface area contributed by atoms with E-state index in [0.717, 1.165) is 17.1 Å². The Labute approximate surface area is 76.8 Å². The van der Waals surface area contributed by atoms with E-state index in [1.807, 2.05) is 12.1 Å². The van der Waals surface area contributed by atoms with Gasteiger partial charge in [-0.3, -0.25) is 0 Å². The predicted molar refractivity (Wildman–Crippen MR) is 52.3 cm³/mol. The van der Waals surface area contributed by atoms with Gasteiger partial charge in [0.25, 0.3) is 0 Å². The summed E-state index contributed by atoms with van der Waals surface area (Å²) in [6.45, 7) is 0. The van der Waals surface area contributed by atoms with Gasteiger partial charge in [-0.25, -0.2) is 0 Å². The Balaban J connectivity index is 2.53. The summed E-state index contributed by atoms with van der Waals surface area (Å²) in [6, 6.07) is 7.27. The third-order valence-corrected chi connectivity index (χ3v) is 2.43. The number of benzene rings is 1. The normalized spacial score (nSPS) is 9.25. The van der Waals surface area contributed by atoms with Crippen molar-refractivity contribution >= 4 is 11.8 Å². The van der Waals surface area contributed by atoms with E-state index in [1.165, 1.54) is 0 Å². The van der Waals surface area contributed by atoms with Gasteiger partial charge in [0, 0.05) is 17.1 Å². The van der Waals surface area contributed by atoms with Crippen molar-refractivity contribution in [1.82, 2.24) is 0 Å². The van der Waals surface area contributed by atoms with Crippen molar-refractivity contribution in [2.45, 2.75) is 11.3 Å². The molecule has 0 atom stereocenters. The Morgan fingerprint density at radius 2 is 2.17 bits per heavy atom. The molecule has 0 aliphatic rings. The standard InChI is InChI=1S/C10H10OS/c1-2-3-8-12-10-7-5-4-6-9(10)11/h1,4-7,11H,3,8H2. The van der Waals surface area contributed by atoms with Crippen molar-refractivity contribution in [2.75, 3.05) is 5.75 Å². The van der Waals surface area contributed by atoms with Gasteiger partial charge in [0.05, 0.1) is 0 Å². The fraction of sp³-hybridized carbons (Fsp3) is 0.200. The minimum atomic E-state index is 0.333. The zero-order valence-corrected chi connectivity index (χ0v) is 7.47. The number of thioether (sulfide) groups is 1. The summed E-state index contributed by atoms with van der Waals surface area (Å²) >= 11 is 1.58. The van der Waals surface area contributed by atoms with Crippen molar-refractivity contribution in [2.24, 2.45) is 0 Å². The third kappa shape index (κ3) is 2.52. The van der Waals surface area contributed by atoms with Crippen molar-refractivity contribution in [3.8, 4) is 18.1 Å². The van der Waals surface area contributed by atoms with E-state index in [4.69, 9.17) is 6.42 Å². The van der Waals surface area contributed by atoms with Crippen molar-refractivity contribution < 1.29 is 5.11 Å². The minimum absolute atomic E-state index is 0.333. The average Bonchev–Trinajstić information content (AvgIpc) is 2.09. The van der Waals surface area contributed by atoms with Gasteiger partial charge >= 0.3 is 0 Å². The first-order valence-corrected chi connectivity index (χ1v) is 4.67. The number of para-hydroxylation sites is 1. The first kappa shape index (κ1) is 9.02. The smallest absolute Gasteiger partial charge is 0.129 e. The van der Waals surface area contributed by atoms with Crippen LogP contribution >= 0.6 is 11.8 Å². The molecule has 0 saturated heterocycles. The van der Waals surface area contributed by atoms with Crippen molar-refractivity contribution in [3.05, 3.63) is 24.3 Å². The largest absolute Gasteiger partial charge is 0.507 e. The summed E-state index contributed by atoms with van der Waals surface area (Å²) in [5.41, 5.74) is 0. The molecule has 12 heavy (non-hydrogen) atoms. The molecular weight excluding hydrogens is 168 g/mol. The van der Waals surface area contributed by atoms with E-state index >= 15 is 0 Å². The Morgan fingerprint density at radius 3 is 2.83 bits per heavy atom. The molecule has 1 rings (SSSR count). The fourth-order valence-corrected chi connectivity index (χ4v) is 1.63. The third-order valence-electron chi connectivity index (χ3n) is 1.37. The Hall–Kier alpha value is -1.07. The second kappa shape index (κ2) is 4.74. The molecule has 0 aliphatic heterocycles. The summed E-state index contributed by atoms with van der Waals surface area (Å²) in [5.74, 6) is 3.74. The lowest BCUT2D eigenvalue weighted by atomic mass is 10.3. The molecule has 0 bridgehead atoms. The molecule has 62 valence electrons. The molecule has 1 nitrogen and oxygen atoms in total. The highest BCUT2D eigenvalue weighted by molar-refractivity contribution is 7.99. The van der Waals surface area contributed by atoms with Gasteiger partial charge in [-0.2, -0.15) is 0 Å². The fourth-order valence-electron chi connectivity index (χ4n) is 0.799. The maximum atomic E-state index is 9.34. The molecule has 0 spiro atoms. The van der Waals surface area contributed by atoms with Crippen LogP contribution in [-0.4, -0.2) is 10.9 Å². The number of rotatable bonds is 3. The second-order valence-electron chi connectivity index (χ2n) is 2.27. The molecule has 0 aromatic heterocycles. The molecule has 2 heteroatoms. The van der Waals surface area contributed by atoms with Crippen LogP contribution in [0.3, 0.4) is 0 Å². The van der Waals surface area contributed by atoms with Gasteiger partial charge in [-0.05, 0) is 12.1 Å². The zero-order chi connectivity index (χ0) is 8.81. The molecule has 1 aromatic rings. The molecule has 0 unspecified atom stereocenters. The van der Waals surface area contributed by atoms with Gasteiger partial charge in [0.1, 0.15) is 5.75 Å². The highest BCUT2D eigenvalue weighted by Crippen LogP contribution is 2.27. The van der Waals surface area contributed by atoms with E-state index in [2.05, 4.69) is 5.92 Å². The van der Waals surface area contributed by atoms with E-state index in [9.17, 15) is 5.11 Å². The van der Waals surface area contributed by atoms with Crippen LogP contribution in [0.1, 0.15) is 6.42 Å². The summed E-state index contributed by atoms with van der Waals surface area (Å²) < 4.78 is 0. The van der Waals surface area contributed by atoms with Gasteiger partial charge in [0.2, 0.25) is 0 Å². The second-order valence-corrected chi connectivity index (χ2v) is 3.41. The van der Waals surface area contributed by atoms with E-state index in [-0.39, 0.29) is 0 Å². The van der Waals surface area contributed by atoms with Crippen LogP contribution in [0.2, 0.25) is 0 Å². The maximum Gasteiger partial charge on any atom is 0.129 e. The number of hydrogen-bond donors (Lipinski definition) is 1. The zero-order valence-electron chi connectivity index (χ0n) is 6.66. The monoisotopic (exact) mass is 178 g/mol. The number of phenolic OH excluding ortho intramolecular Hbond substituents is 1. The first-order valence-electron chi connectivity index (χ1n) is 3.69. The average molecular weight is 178 g/mol. The molecule has 0 heterocycles. The van der Waals surface area contributed by atoms with Crippen LogP contribution in [-0.2, 0) is 0 Å². The quantitative estimate of drug-likeness (QED) is 0.436. The molecule has 0 fully saturated rings. The number of phenols is 1. The lowest BCUT2D eigenvalue weighted by molar-refractivity contribution is 0.462. The van der Waals surface area contributed by atoms with Crippen LogP contribution in [0.25, 0.3) is 0 Å². The van der Waals surface area contributed by atoms with Gasteiger partial charge in [0.15, 0.2) is 0 Å². The Kier molecular flexibility index (Phi) is 3.56. The number of aromatic hydroxyl groups is 1. The van der Waals surface area contributed by atoms with Gasteiger partial charge < -0.3 is 5.11 Å². The Bertz CT molecular complexity index is 288. The SMILES string of the molecule is C#CCCSc1ccccc1O. The predicted octanol–water partition coefficient (Wildman–Crippen LogP) is 2.51. The van der Waals surface area contributed by atoms with Crippen LogP contribution < -0.4 is 0 Å². The molecule has 0 amide bonds. The van der Waals surface area contributed by atoms with Crippen molar-refractivity contribution in [3.63, 3.8) is 0 Å². The van der Waals surface area contributed by atoms with Crippen LogP contribution in [0.5, 0.6) is 5.75 Å². The Morgan fingerprint density at radius 1 is 1.42 bits per heavy atom. The van der Waals surface area contributed by atoms with Crippen LogP contribution in [0.15, 0.2) is 29.2 Å². The first-order chi connectivity index (χ1) is 5.84. The van der Waals surface area contributed by atoms with Gasteiger partial charge in [-0.1, -0.05) is 12.1 Å². The van der Waals surface area contributed by atoms with Gasteiger partial charge in [-0.15, -0.1) is 24.1 Å². The maximum absolute atomic E-state index is 9.34. The molecule has 1 aromatic carbocycles.